The van der Waals surface area contributed by atoms with E-state index in [1.54, 1.807) is 20.8 Å². The van der Waals surface area contributed by atoms with E-state index < -0.39 is 29.7 Å². The number of hydrogen-bond acceptors (Lipinski definition) is 3. The van der Waals surface area contributed by atoms with Crippen LogP contribution in [-0.2, 0) is 9.53 Å². The second kappa shape index (κ2) is 4.24. The van der Waals surface area contributed by atoms with E-state index in [2.05, 4.69) is 5.32 Å². The molecule has 94 valence electrons. The maximum Gasteiger partial charge on any atom is 0.403 e. The molecule has 0 aromatic heterocycles. The van der Waals surface area contributed by atoms with Gasteiger partial charge in [0.05, 0.1) is 5.92 Å². The van der Waals surface area contributed by atoms with E-state index >= 15 is 0 Å². The highest BCUT2D eigenvalue weighted by atomic mass is 19.4. The molecule has 1 fully saturated rings. The van der Waals surface area contributed by atoms with Crippen LogP contribution in [0, 0.1) is 5.92 Å². The molecule has 2 atom stereocenters. The number of carbonyl (C=O) groups is 1. The van der Waals surface area contributed by atoms with Crippen LogP contribution >= 0.6 is 0 Å². The van der Waals surface area contributed by atoms with Gasteiger partial charge in [0.2, 0.25) is 0 Å². The summed E-state index contributed by atoms with van der Waals surface area (Å²) in [5.41, 5.74) is -0.659. The smallest absolute Gasteiger partial charge is 0.403 e. The fraction of sp³-hybridized carbons (Fsp3) is 0.900. The SMILES string of the molecule is CC(C)(C)OC(=O)[C@@H]1CN[C@H](C(F)(F)F)C1. The van der Waals surface area contributed by atoms with Gasteiger partial charge in [-0.15, -0.1) is 0 Å². The normalized spacial score (nSPS) is 26.9. The predicted octanol–water partition coefficient (Wildman–Crippen LogP) is 1.87. The molecule has 0 aliphatic carbocycles. The maximum absolute atomic E-state index is 12.3. The zero-order valence-corrected chi connectivity index (χ0v) is 9.52. The van der Waals surface area contributed by atoms with Gasteiger partial charge in [-0.25, -0.2) is 0 Å². The Morgan fingerprint density at radius 2 is 1.88 bits per heavy atom. The van der Waals surface area contributed by atoms with Crippen molar-refractivity contribution in [2.24, 2.45) is 5.92 Å². The summed E-state index contributed by atoms with van der Waals surface area (Å²) in [6, 6.07) is -1.59. The van der Waals surface area contributed by atoms with E-state index in [4.69, 9.17) is 4.74 Å². The second-order valence-electron chi connectivity index (χ2n) is 4.97. The van der Waals surface area contributed by atoms with E-state index in [1.807, 2.05) is 0 Å². The number of carbonyl (C=O) groups excluding carboxylic acids is 1. The lowest BCUT2D eigenvalue weighted by atomic mass is 10.1. The summed E-state index contributed by atoms with van der Waals surface area (Å²) in [6.45, 7) is 5.09. The fourth-order valence-electron chi connectivity index (χ4n) is 1.55. The lowest BCUT2D eigenvalue weighted by Crippen LogP contribution is -2.36. The predicted molar refractivity (Wildman–Crippen MR) is 51.8 cm³/mol. The average Bonchev–Trinajstić information content (AvgIpc) is 2.46. The molecule has 1 heterocycles. The summed E-state index contributed by atoms with van der Waals surface area (Å²) in [6.07, 6.45) is -4.53. The Labute approximate surface area is 92.3 Å². The third-order valence-corrected chi connectivity index (χ3v) is 2.27. The number of esters is 1. The van der Waals surface area contributed by atoms with Crippen molar-refractivity contribution in [2.45, 2.75) is 45.0 Å². The lowest BCUT2D eigenvalue weighted by molar-refractivity contribution is -0.162. The Bertz CT molecular complexity index is 270. The van der Waals surface area contributed by atoms with Gasteiger partial charge < -0.3 is 10.1 Å². The number of rotatable bonds is 1. The van der Waals surface area contributed by atoms with Gasteiger partial charge in [-0.3, -0.25) is 4.79 Å². The Balaban J connectivity index is 2.51. The number of alkyl halides is 3. The van der Waals surface area contributed by atoms with Gasteiger partial charge in [0, 0.05) is 6.54 Å². The van der Waals surface area contributed by atoms with Crippen LogP contribution in [0.1, 0.15) is 27.2 Å². The minimum absolute atomic E-state index is 0.0269. The van der Waals surface area contributed by atoms with E-state index in [1.165, 1.54) is 0 Å². The van der Waals surface area contributed by atoms with Gasteiger partial charge in [0.1, 0.15) is 11.6 Å². The minimum Gasteiger partial charge on any atom is -0.460 e. The molecule has 16 heavy (non-hydrogen) atoms. The van der Waals surface area contributed by atoms with Gasteiger partial charge in [0.25, 0.3) is 0 Å². The Morgan fingerprint density at radius 1 is 1.31 bits per heavy atom. The second-order valence-corrected chi connectivity index (χ2v) is 4.97. The molecule has 0 amide bonds. The van der Waals surface area contributed by atoms with Crippen molar-refractivity contribution in [1.82, 2.24) is 5.32 Å². The molecule has 0 aromatic carbocycles. The first-order valence-corrected chi connectivity index (χ1v) is 5.12. The van der Waals surface area contributed by atoms with Crippen LogP contribution in [0.25, 0.3) is 0 Å². The third-order valence-electron chi connectivity index (χ3n) is 2.27. The van der Waals surface area contributed by atoms with Crippen molar-refractivity contribution < 1.29 is 22.7 Å². The molecule has 1 rings (SSSR count). The Morgan fingerprint density at radius 3 is 2.25 bits per heavy atom. The molecule has 1 aliphatic heterocycles. The zero-order chi connectivity index (χ0) is 12.6. The van der Waals surface area contributed by atoms with Gasteiger partial charge in [-0.1, -0.05) is 0 Å². The third kappa shape index (κ3) is 3.66. The summed E-state index contributed by atoms with van der Waals surface area (Å²) in [4.78, 5) is 11.5. The zero-order valence-electron chi connectivity index (χ0n) is 9.52. The average molecular weight is 239 g/mol. The molecule has 6 heteroatoms. The summed E-state index contributed by atoms with van der Waals surface area (Å²) < 4.78 is 42.0. The van der Waals surface area contributed by atoms with Gasteiger partial charge in [-0.2, -0.15) is 13.2 Å². The molecular formula is C10H16F3NO2. The Kier molecular flexibility index (Phi) is 3.52. The fourth-order valence-corrected chi connectivity index (χ4v) is 1.55. The summed E-state index contributed by atoms with van der Waals surface area (Å²) in [5, 5.41) is 2.29. The molecule has 1 N–H and O–H groups in total. The van der Waals surface area contributed by atoms with Gasteiger partial charge in [0.15, 0.2) is 0 Å². The van der Waals surface area contributed by atoms with Crippen molar-refractivity contribution in [3.63, 3.8) is 0 Å². The van der Waals surface area contributed by atoms with Crippen LogP contribution in [0.3, 0.4) is 0 Å². The molecule has 0 bridgehead atoms. The number of halogens is 3. The first-order chi connectivity index (χ1) is 7.09. The summed E-state index contributed by atoms with van der Waals surface area (Å²) in [7, 11) is 0. The van der Waals surface area contributed by atoms with Gasteiger partial charge >= 0.3 is 12.1 Å². The molecule has 0 saturated carbocycles. The summed E-state index contributed by atoms with van der Waals surface area (Å²) >= 11 is 0. The van der Waals surface area contributed by atoms with E-state index in [-0.39, 0.29) is 13.0 Å². The van der Waals surface area contributed by atoms with E-state index in [0.717, 1.165) is 0 Å². The van der Waals surface area contributed by atoms with Crippen molar-refractivity contribution in [2.75, 3.05) is 6.54 Å². The van der Waals surface area contributed by atoms with Crippen molar-refractivity contribution >= 4 is 5.97 Å². The quantitative estimate of drug-likeness (QED) is 0.710. The molecule has 0 radical (unpaired) electrons. The van der Waals surface area contributed by atoms with Crippen LogP contribution in [0.15, 0.2) is 0 Å². The number of hydrogen-bond donors (Lipinski definition) is 1. The molecule has 0 unspecified atom stereocenters. The topological polar surface area (TPSA) is 38.3 Å². The van der Waals surface area contributed by atoms with Crippen LogP contribution < -0.4 is 5.32 Å². The van der Waals surface area contributed by atoms with Crippen molar-refractivity contribution in [3.05, 3.63) is 0 Å². The summed E-state index contributed by atoms with van der Waals surface area (Å²) in [5.74, 6) is -1.27. The molecule has 3 nitrogen and oxygen atoms in total. The largest absolute Gasteiger partial charge is 0.460 e. The number of nitrogens with one attached hydrogen (secondary N) is 1. The van der Waals surface area contributed by atoms with E-state index in [0.29, 0.717) is 0 Å². The molecule has 1 aliphatic rings. The molecule has 1 saturated heterocycles. The first kappa shape index (κ1) is 13.3. The maximum atomic E-state index is 12.3. The lowest BCUT2D eigenvalue weighted by Gasteiger charge is -2.21. The van der Waals surface area contributed by atoms with Gasteiger partial charge in [-0.05, 0) is 27.2 Å². The highest BCUT2D eigenvalue weighted by Gasteiger charge is 2.46. The highest BCUT2D eigenvalue weighted by molar-refractivity contribution is 5.73. The monoisotopic (exact) mass is 239 g/mol. The highest BCUT2D eigenvalue weighted by Crippen LogP contribution is 2.30. The standard InChI is InChI=1S/C10H16F3NO2/c1-9(2,3)16-8(15)6-4-7(14-5-6)10(11,12)13/h6-7,14H,4-5H2,1-3H3/t6-,7-/m0/s1. The first-order valence-electron chi connectivity index (χ1n) is 5.12. The number of ether oxygens (including phenoxy) is 1. The molecule has 0 aromatic rings. The van der Waals surface area contributed by atoms with Crippen LogP contribution in [0.4, 0.5) is 13.2 Å². The van der Waals surface area contributed by atoms with Crippen LogP contribution in [-0.4, -0.2) is 30.3 Å². The molecule has 0 spiro atoms. The minimum atomic E-state index is -4.29. The van der Waals surface area contributed by atoms with E-state index in [9.17, 15) is 18.0 Å². The van der Waals surface area contributed by atoms with Crippen molar-refractivity contribution in [3.8, 4) is 0 Å². The molecular weight excluding hydrogens is 223 g/mol. The van der Waals surface area contributed by atoms with Crippen LogP contribution in [0.2, 0.25) is 0 Å². The van der Waals surface area contributed by atoms with Crippen molar-refractivity contribution in [1.29, 1.82) is 0 Å². The Hall–Kier alpha value is -0.780. The van der Waals surface area contributed by atoms with Crippen LogP contribution in [0.5, 0.6) is 0 Å².